The maximum absolute atomic E-state index is 12.0. The lowest BCUT2D eigenvalue weighted by molar-refractivity contribution is 0.193. The van der Waals surface area contributed by atoms with Crippen molar-refractivity contribution in [1.29, 1.82) is 0 Å². The number of amides is 2. The summed E-state index contributed by atoms with van der Waals surface area (Å²) in [5.41, 5.74) is 3.66. The molecule has 2 aromatic rings. The summed E-state index contributed by atoms with van der Waals surface area (Å²) < 4.78 is 0. The predicted molar refractivity (Wildman–Crippen MR) is 76.0 cm³/mol. The highest BCUT2D eigenvalue weighted by atomic mass is 16.2. The van der Waals surface area contributed by atoms with Gasteiger partial charge < -0.3 is 15.2 Å². The molecule has 0 aliphatic carbocycles. The summed E-state index contributed by atoms with van der Waals surface area (Å²) in [4.78, 5) is 17.3. The van der Waals surface area contributed by atoms with Crippen LogP contribution >= 0.6 is 0 Å². The monoisotopic (exact) mass is 255 g/mol. The number of benzene rings is 1. The summed E-state index contributed by atoms with van der Waals surface area (Å²) in [5, 5.41) is 4.05. The van der Waals surface area contributed by atoms with Gasteiger partial charge in [0.1, 0.15) is 0 Å². The molecular formula is C15H17N3O. The minimum Gasteiger partial charge on any atom is -0.358 e. The van der Waals surface area contributed by atoms with Gasteiger partial charge in [0.25, 0.3) is 0 Å². The van der Waals surface area contributed by atoms with Crippen LogP contribution in [0.25, 0.3) is 10.9 Å². The molecule has 1 aliphatic rings. The van der Waals surface area contributed by atoms with Crippen molar-refractivity contribution in [1.82, 2.24) is 15.2 Å². The molecule has 1 aromatic carbocycles. The molecule has 4 heteroatoms. The van der Waals surface area contributed by atoms with Crippen LogP contribution in [-0.2, 0) is 13.0 Å². The van der Waals surface area contributed by atoms with Gasteiger partial charge in [-0.15, -0.1) is 6.58 Å². The third-order valence-electron chi connectivity index (χ3n) is 3.57. The number of carbonyl (C=O) groups is 1. The molecule has 0 bridgehead atoms. The zero-order valence-electron chi connectivity index (χ0n) is 10.8. The second-order valence-electron chi connectivity index (χ2n) is 4.77. The number of carbonyl (C=O) groups excluding carboxylic acids is 1. The fourth-order valence-electron chi connectivity index (χ4n) is 2.61. The van der Waals surface area contributed by atoms with E-state index in [1.54, 1.807) is 6.08 Å². The van der Waals surface area contributed by atoms with E-state index in [0.717, 1.165) is 18.5 Å². The molecule has 1 aromatic heterocycles. The minimum absolute atomic E-state index is 0.0177. The van der Waals surface area contributed by atoms with E-state index in [1.807, 2.05) is 17.0 Å². The molecule has 0 saturated carbocycles. The number of aromatic amines is 1. The topological polar surface area (TPSA) is 48.1 Å². The average Bonchev–Trinajstić information content (AvgIpc) is 2.82. The third-order valence-corrected chi connectivity index (χ3v) is 3.57. The average molecular weight is 255 g/mol. The van der Waals surface area contributed by atoms with Crippen LogP contribution in [0.1, 0.15) is 11.3 Å². The van der Waals surface area contributed by atoms with Crippen LogP contribution in [0.4, 0.5) is 4.79 Å². The van der Waals surface area contributed by atoms with Gasteiger partial charge in [0.15, 0.2) is 0 Å². The highest BCUT2D eigenvalue weighted by Crippen LogP contribution is 2.27. The lowest BCUT2D eigenvalue weighted by Crippen LogP contribution is -2.42. The molecular weight excluding hydrogens is 238 g/mol. The van der Waals surface area contributed by atoms with Gasteiger partial charge in [-0.2, -0.15) is 0 Å². The number of para-hydroxylation sites is 1. The van der Waals surface area contributed by atoms with E-state index in [-0.39, 0.29) is 6.03 Å². The van der Waals surface area contributed by atoms with E-state index in [2.05, 4.69) is 29.0 Å². The van der Waals surface area contributed by atoms with Crippen molar-refractivity contribution in [2.45, 2.75) is 13.0 Å². The Hall–Kier alpha value is -2.23. The van der Waals surface area contributed by atoms with Gasteiger partial charge in [-0.25, -0.2) is 4.79 Å². The van der Waals surface area contributed by atoms with Crippen molar-refractivity contribution >= 4 is 16.9 Å². The lowest BCUT2D eigenvalue weighted by Gasteiger charge is -2.27. The Morgan fingerprint density at radius 1 is 1.47 bits per heavy atom. The van der Waals surface area contributed by atoms with E-state index >= 15 is 0 Å². The molecule has 2 amide bonds. The van der Waals surface area contributed by atoms with Gasteiger partial charge in [-0.05, 0) is 6.07 Å². The predicted octanol–water partition coefficient (Wildman–Crippen LogP) is 2.42. The molecule has 19 heavy (non-hydrogen) atoms. The van der Waals surface area contributed by atoms with Crippen molar-refractivity contribution in [2.24, 2.45) is 0 Å². The Labute approximate surface area is 112 Å². The van der Waals surface area contributed by atoms with Crippen molar-refractivity contribution < 1.29 is 4.79 Å². The van der Waals surface area contributed by atoms with Crippen LogP contribution in [0, 0.1) is 0 Å². The van der Waals surface area contributed by atoms with Crippen molar-refractivity contribution in [2.75, 3.05) is 13.1 Å². The number of urea groups is 1. The van der Waals surface area contributed by atoms with Gasteiger partial charge in [0.2, 0.25) is 0 Å². The van der Waals surface area contributed by atoms with Crippen molar-refractivity contribution in [3.63, 3.8) is 0 Å². The van der Waals surface area contributed by atoms with E-state index in [0.29, 0.717) is 13.1 Å². The van der Waals surface area contributed by atoms with E-state index in [1.165, 1.54) is 16.6 Å². The molecule has 0 unspecified atom stereocenters. The first-order valence-corrected chi connectivity index (χ1v) is 6.51. The van der Waals surface area contributed by atoms with Gasteiger partial charge in [-0.3, -0.25) is 0 Å². The first kappa shape index (κ1) is 11.8. The van der Waals surface area contributed by atoms with E-state index in [9.17, 15) is 4.79 Å². The maximum Gasteiger partial charge on any atom is 0.317 e. The molecule has 0 radical (unpaired) electrons. The SMILES string of the molecule is C=CCNC(=O)N1CCc2[nH]c3ccccc3c2C1. The highest BCUT2D eigenvalue weighted by molar-refractivity contribution is 5.85. The molecule has 0 saturated heterocycles. The summed E-state index contributed by atoms with van der Waals surface area (Å²) in [6, 6.07) is 8.23. The number of fused-ring (bicyclic) bond motifs is 3. The smallest absolute Gasteiger partial charge is 0.317 e. The Morgan fingerprint density at radius 2 is 2.32 bits per heavy atom. The number of aromatic nitrogens is 1. The van der Waals surface area contributed by atoms with Crippen LogP contribution in [0.3, 0.4) is 0 Å². The molecule has 0 spiro atoms. The number of hydrogen-bond donors (Lipinski definition) is 2. The second-order valence-corrected chi connectivity index (χ2v) is 4.77. The molecule has 2 N–H and O–H groups in total. The largest absolute Gasteiger partial charge is 0.358 e. The van der Waals surface area contributed by atoms with Crippen molar-refractivity contribution in [3.8, 4) is 0 Å². The Kier molecular flexibility index (Phi) is 2.99. The number of nitrogens with zero attached hydrogens (tertiary/aromatic N) is 1. The third kappa shape index (κ3) is 2.10. The van der Waals surface area contributed by atoms with Crippen molar-refractivity contribution in [3.05, 3.63) is 48.2 Å². The molecule has 4 nitrogen and oxygen atoms in total. The molecule has 1 aliphatic heterocycles. The summed E-state index contributed by atoms with van der Waals surface area (Å²) >= 11 is 0. The first-order valence-electron chi connectivity index (χ1n) is 6.51. The van der Waals surface area contributed by atoms with Crippen LogP contribution in [0.5, 0.6) is 0 Å². The van der Waals surface area contributed by atoms with Gasteiger partial charge in [-0.1, -0.05) is 24.3 Å². The van der Waals surface area contributed by atoms with Crippen LogP contribution in [0.2, 0.25) is 0 Å². The van der Waals surface area contributed by atoms with Crippen LogP contribution < -0.4 is 5.32 Å². The molecule has 98 valence electrons. The Morgan fingerprint density at radius 3 is 3.16 bits per heavy atom. The number of hydrogen-bond acceptors (Lipinski definition) is 1. The fourth-order valence-corrected chi connectivity index (χ4v) is 2.61. The van der Waals surface area contributed by atoms with Gasteiger partial charge in [0, 0.05) is 48.2 Å². The summed E-state index contributed by atoms with van der Waals surface area (Å²) in [7, 11) is 0. The fraction of sp³-hybridized carbons (Fsp3) is 0.267. The second kappa shape index (κ2) is 4.80. The van der Waals surface area contributed by atoms with Gasteiger partial charge in [0.05, 0.1) is 0 Å². The van der Waals surface area contributed by atoms with Crippen LogP contribution in [0.15, 0.2) is 36.9 Å². The van der Waals surface area contributed by atoms with Gasteiger partial charge >= 0.3 is 6.03 Å². The van der Waals surface area contributed by atoms with Crippen LogP contribution in [-0.4, -0.2) is 29.0 Å². The first-order chi connectivity index (χ1) is 9.29. The van der Waals surface area contributed by atoms with E-state index in [4.69, 9.17) is 0 Å². The minimum atomic E-state index is -0.0177. The molecule has 3 rings (SSSR count). The normalized spacial score (nSPS) is 14.2. The summed E-state index contributed by atoms with van der Waals surface area (Å²) in [6.07, 6.45) is 2.57. The zero-order valence-corrected chi connectivity index (χ0v) is 10.8. The number of rotatable bonds is 2. The Bertz CT molecular complexity index is 629. The van der Waals surface area contributed by atoms with E-state index < -0.39 is 0 Å². The molecule has 0 fully saturated rings. The molecule has 2 heterocycles. The quantitative estimate of drug-likeness (QED) is 0.795. The number of nitrogens with one attached hydrogen (secondary N) is 2. The lowest BCUT2D eigenvalue weighted by atomic mass is 10.0. The summed E-state index contributed by atoms with van der Waals surface area (Å²) in [6.45, 7) is 5.54. The Balaban J connectivity index is 1.86. The maximum atomic E-state index is 12.0. The number of H-pyrrole nitrogens is 1. The molecule has 0 atom stereocenters. The zero-order chi connectivity index (χ0) is 13.2. The summed E-state index contributed by atoms with van der Waals surface area (Å²) in [5.74, 6) is 0. The standard InChI is InChI=1S/C15H17N3O/c1-2-8-16-15(19)18-9-7-14-12(10-18)11-5-3-4-6-13(11)17-14/h2-6,17H,1,7-10H2,(H,16,19). The highest BCUT2D eigenvalue weighted by Gasteiger charge is 2.23.